The normalized spacial score (nSPS) is 30.8. The molecular formula is C27H24N4O5S2. The zero-order valence-electron chi connectivity index (χ0n) is 20.6. The molecule has 9 nitrogen and oxygen atoms in total. The molecule has 2 amide bonds. The Labute approximate surface area is 226 Å². The number of aromatic amines is 1. The number of nitro groups is 1. The van der Waals surface area contributed by atoms with Crippen LogP contribution in [0.15, 0.2) is 58.4 Å². The largest absolute Gasteiger partial charge is 0.378 e. The number of imide groups is 1. The molecule has 11 heteroatoms. The van der Waals surface area contributed by atoms with Gasteiger partial charge in [-0.1, -0.05) is 23.5 Å². The SMILES string of the molecule is CN(C)c1ccc([C@H]2c3sc(=O)[nH]c3S[C@@H]3[C@@H]4C[C@@H]([C@H]5C(=O)N(c6ccc([N+](=O)[O-])cc6)C(=O)[C@H]45)[C@@H]23)cc1. The highest BCUT2D eigenvalue weighted by Crippen LogP contribution is 2.68. The Bertz CT molecular complexity index is 1550. The van der Waals surface area contributed by atoms with Crippen molar-refractivity contribution in [3.8, 4) is 0 Å². The van der Waals surface area contributed by atoms with Gasteiger partial charge in [-0.3, -0.25) is 29.4 Å². The number of nitro benzene ring substituents is 1. The Morgan fingerprint density at radius 2 is 1.63 bits per heavy atom. The number of anilines is 2. The number of H-pyrrole nitrogens is 1. The standard InChI is InChI=1S/C27H24N4O5S2/c1-29(2)13-5-3-12(4-6-13)18-19-16-11-17(22(19)37-24-23(18)38-27(34)28-24)21-20(16)25(32)30(26(21)33)14-7-9-15(10-8-14)31(35)36/h3-10,16-22H,11H2,1-2H3,(H,28,34)/t16-,17-,18-,19+,20-,21-,22-/m1/s1. The number of aromatic nitrogens is 1. The van der Waals surface area contributed by atoms with Crippen molar-refractivity contribution < 1.29 is 14.5 Å². The quantitative estimate of drug-likeness (QED) is 0.297. The number of non-ortho nitro benzene ring substituents is 1. The number of nitrogens with one attached hydrogen (secondary N) is 1. The fourth-order valence-corrected chi connectivity index (χ4v) is 10.2. The number of carbonyl (C=O) groups excluding carboxylic acids is 2. The molecule has 0 unspecified atom stereocenters. The molecule has 0 spiro atoms. The maximum atomic E-state index is 13.8. The molecule has 1 N–H and O–H groups in total. The molecule has 7 atom stereocenters. The Hall–Kier alpha value is -3.44. The third-order valence-corrected chi connectivity index (χ3v) is 11.4. The van der Waals surface area contributed by atoms with E-state index in [0.29, 0.717) is 5.69 Å². The van der Waals surface area contributed by atoms with Crippen LogP contribution in [0.4, 0.5) is 17.1 Å². The van der Waals surface area contributed by atoms with Crippen LogP contribution in [-0.2, 0) is 9.59 Å². The van der Waals surface area contributed by atoms with Gasteiger partial charge in [0, 0.05) is 48.0 Å². The molecule has 7 rings (SSSR count). The van der Waals surface area contributed by atoms with E-state index in [9.17, 15) is 24.5 Å². The minimum Gasteiger partial charge on any atom is -0.378 e. The first kappa shape index (κ1) is 23.7. The predicted octanol–water partition coefficient (Wildman–Crippen LogP) is 4.09. The van der Waals surface area contributed by atoms with Crippen LogP contribution in [0.5, 0.6) is 0 Å². The van der Waals surface area contributed by atoms with Gasteiger partial charge in [-0.15, -0.1) is 11.8 Å². The van der Waals surface area contributed by atoms with Crippen molar-refractivity contribution in [2.45, 2.75) is 22.6 Å². The lowest BCUT2D eigenvalue weighted by atomic mass is 9.68. The van der Waals surface area contributed by atoms with Gasteiger partial charge in [0.2, 0.25) is 11.8 Å². The Balaban J connectivity index is 1.28. The third-order valence-electron chi connectivity index (χ3n) is 8.81. The molecule has 4 aliphatic rings. The van der Waals surface area contributed by atoms with E-state index in [-0.39, 0.29) is 51.3 Å². The number of carbonyl (C=O) groups is 2. The zero-order valence-corrected chi connectivity index (χ0v) is 22.2. The van der Waals surface area contributed by atoms with Crippen molar-refractivity contribution in [1.82, 2.24) is 4.98 Å². The summed E-state index contributed by atoms with van der Waals surface area (Å²) in [6, 6.07) is 14.0. The molecule has 1 aromatic heterocycles. The topological polar surface area (TPSA) is 117 Å². The first-order valence-corrected chi connectivity index (χ1v) is 14.2. The van der Waals surface area contributed by atoms with Gasteiger partial charge in [-0.25, -0.2) is 0 Å². The second-order valence-electron chi connectivity index (χ2n) is 10.7. The van der Waals surface area contributed by atoms with Crippen LogP contribution >= 0.6 is 23.1 Å². The summed E-state index contributed by atoms with van der Waals surface area (Å²) in [7, 11) is 3.99. The van der Waals surface area contributed by atoms with E-state index in [1.54, 1.807) is 11.8 Å². The zero-order chi connectivity index (χ0) is 26.5. The van der Waals surface area contributed by atoms with Gasteiger partial charge in [0.25, 0.3) is 5.69 Å². The number of hydrogen-bond acceptors (Lipinski definition) is 8. The van der Waals surface area contributed by atoms with Crippen LogP contribution in [0.1, 0.15) is 22.8 Å². The highest BCUT2D eigenvalue weighted by molar-refractivity contribution is 8.00. The minimum absolute atomic E-state index is 0.0193. The first-order chi connectivity index (χ1) is 18.2. The summed E-state index contributed by atoms with van der Waals surface area (Å²) in [6.07, 6.45) is 0.814. The van der Waals surface area contributed by atoms with E-state index in [4.69, 9.17) is 0 Å². The van der Waals surface area contributed by atoms with Crippen LogP contribution in [0, 0.1) is 39.7 Å². The molecule has 2 aliphatic heterocycles. The molecule has 3 fully saturated rings. The van der Waals surface area contributed by atoms with Gasteiger partial charge >= 0.3 is 4.87 Å². The lowest BCUT2D eigenvalue weighted by Crippen LogP contribution is -2.42. The number of fused-ring (bicyclic) bond motifs is 9. The maximum Gasteiger partial charge on any atom is 0.305 e. The third kappa shape index (κ3) is 3.21. The number of rotatable bonds is 4. The number of benzene rings is 2. The molecule has 0 radical (unpaired) electrons. The summed E-state index contributed by atoms with van der Waals surface area (Å²) >= 11 is 2.91. The van der Waals surface area contributed by atoms with Crippen molar-refractivity contribution in [2.75, 3.05) is 23.9 Å². The second-order valence-corrected chi connectivity index (χ2v) is 12.9. The molecule has 2 bridgehead atoms. The van der Waals surface area contributed by atoms with Crippen molar-refractivity contribution in [3.63, 3.8) is 0 Å². The monoisotopic (exact) mass is 548 g/mol. The van der Waals surface area contributed by atoms with Crippen LogP contribution in [0.25, 0.3) is 0 Å². The number of nitrogens with zero attached hydrogens (tertiary/aromatic N) is 3. The van der Waals surface area contributed by atoms with Crippen molar-refractivity contribution in [3.05, 3.63) is 78.8 Å². The summed E-state index contributed by atoms with van der Waals surface area (Å²) in [5, 5.41) is 12.1. The first-order valence-electron chi connectivity index (χ1n) is 12.5. The van der Waals surface area contributed by atoms with E-state index in [0.717, 1.165) is 27.6 Å². The molecule has 2 saturated carbocycles. The van der Waals surface area contributed by atoms with E-state index in [1.165, 1.54) is 40.5 Å². The van der Waals surface area contributed by atoms with E-state index >= 15 is 0 Å². The van der Waals surface area contributed by atoms with Crippen LogP contribution in [-0.4, -0.2) is 41.1 Å². The van der Waals surface area contributed by atoms with Crippen LogP contribution in [0.3, 0.4) is 0 Å². The summed E-state index contributed by atoms with van der Waals surface area (Å²) in [5.74, 6) is -1.08. The van der Waals surface area contributed by atoms with E-state index in [2.05, 4.69) is 29.2 Å². The highest BCUT2D eigenvalue weighted by Gasteiger charge is 2.69. The fourth-order valence-electron chi connectivity index (χ4n) is 7.35. The highest BCUT2D eigenvalue weighted by atomic mass is 32.2. The Morgan fingerprint density at radius 1 is 0.974 bits per heavy atom. The number of thioether (sulfide) groups is 1. The maximum absolute atomic E-state index is 13.8. The fraction of sp³-hybridized carbons (Fsp3) is 0.370. The van der Waals surface area contributed by atoms with Gasteiger partial charge in [0.05, 0.1) is 27.5 Å². The predicted molar refractivity (Wildman–Crippen MR) is 145 cm³/mol. The number of hydrogen-bond donors (Lipinski definition) is 1. The molecule has 194 valence electrons. The molecule has 3 heterocycles. The molecular weight excluding hydrogens is 524 g/mol. The van der Waals surface area contributed by atoms with Gasteiger partial charge in [0.15, 0.2) is 0 Å². The van der Waals surface area contributed by atoms with Gasteiger partial charge < -0.3 is 9.88 Å². The molecule has 38 heavy (non-hydrogen) atoms. The molecule has 2 aromatic carbocycles. The van der Waals surface area contributed by atoms with Gasteiger partial charge in [-0.2, -0.15) is 0 Å². The second kappa shape index (κ2) is 8.28. The summed E-state index contributed by atoms with van der Waals surface area (Å²) in [4.78, 5) is 57.8. The molecule has 1 saturated heterocycles. The van der Waals surface area contributed by atoms with Crippen LogP contribution in [0.2, 0.25) is 0 Å². The van der Waals surface area contributed by atoms with E-state index in [1.807, 2.05) is 19.0 Å². The smallest absolute Gasteiger partial charge is 0.305 e. The lowest BCUT2D eigenvalue weighted by Gasteiger charge is -2.43. The lowest BCUT2D eigenvalue weighted by molar-refractivity contribution is -0.384. The number of amides is 2. The Morgan fingerprint density at radius 3 is 2.26 bits per heavy atom. The summed E-state index contributed by atoms with van der Waals surface area (Å²) in [6.45, 7) is 0. The molecule has 3 aromatic rings. The van der Waals surface area contributed by atoms with Gasteiger partial charge in [-0.05, 0) is 54.0 Å². The Kier molecular flexibility index (Phi) is 5.15. The number of thiazole rings is 1. The van der Waals surface area contributed by atoms with Gasteiger partial charge in [0.1, 0.15) is 0 Å². The minimum atomic E-state index is -0.498. The van der Waals surface area contributed by atoms with Crippen molar-refractivity contribution in [2.24, 2.45) is 29.6 Å². The average Bonchev–Trinajstić information content (AvgIpc) is 3.63. The average molecular weight is 549 g/mol. The summed E-state index contributed by atoms with van der Waals surface area (Å²) in [5.41, 5.74) is 2.50. The van der Waals surface area contributed by atoms with Crippen molar-refractivity contribution >= 4 is 52.0 Å². The summed E-state index contributed by atoms with van der Waals surface area (Å²) < 4.78 is 0. The van der Waals surface area contributed by atoms with Crippen LogP contribution < -0.4 is 14.7 Å². The van der Waals surface area contributed by atoms with E-state index < -0.39 is 16.8 Å². The molecule has 2 aliphatic carbocycles. The van der Waals surface area contributed by atoms with Crippen molar-refractivity contribution in [1.29, 1.82) is 0 Å².